The number of benzene rings is 1. The van der Waals surface area contributed by atoms with Crippen molar-refractivity contribution < 1.29 is 0 Å². The summed E-state index contributed by atoms with van der Waals surface area (Å²) in [4.78, 5) is 2.68. The van der Waals surface area contributed by atoms with Crippen molar-refractivity contribution in [1.29, 1.82) is 0 Å². The number of hydrogen-bond acceptors (Lipinski definition) is 3. The van der Waals surface area contributed by atoms with Crippen molar-refractivity contribution in [3.8, 4) is 5.69 Å². The van der Waals surface area contributed by atoms with Crippen LogP contribution in [0.5, 0.6) is 0 Å². The Morgan fingerprint density at radius 1 is 1.16 bits per heavy atom. The fourth-order valence-corrected chi connectivity index (χ4v) is 4.09. The maximum atomic E-state index is 6.00. The van der Waals surface area contributed by atoms with Gasteiger partial charge < -0.3 is 10.2 Å². The summed E-state index contributed by atoms with van der Waals surface area (Å²) in [5.74, 6) is 0.799. The zero-order valence-electron chi connectivity index (χ0n) is 15.1. The van der Waals surface area contributed by atoms with E-state index in [0.717, 1.165) is 41.5 Å². The Hall–Kier alpha value is -1.36. The van der Waals surface area contributed by atoms with Crippen molar-refractivity contribution in [1.82, 2.24) is 20.0 Å². The molecular weight excluding hydrogens is 332 g/mol. The van der Waals surface area contributed by atoms with Gasteiger partial charge in [-0.15, -0.1) is 0 Å². The normalized spacial score (nSPS) is 21.2. The minimum absolute atomic E-state index is 0.754. The van der Waals surface area contributed by atoms with Crippen LogP contribution in [-0.4, -0.2) is 40.4 Å². The summed E-state index contributed by atoms with van der Waals surface area (Å²) in [6, 6.07) is 8.77. The van der Waals surface area contributed by atoms with Crippen molar-refractivity contribution in [3.63, 3.8) is 0 Å². The van der Waals surface area contributed by atoms with Crippen LogP contribution in [0.2, 0.25) is 5.02 Å². The average Bonchev–Trinajstić information content (AvgIpc) is 3.29. The third kappa shape index (κ3) is 3.76. The molecule has 2 aromatic rings. The molecule has 0 radical (unpaired) electrons. The molecule has 2 fully saturated rings. The predicted octanol–water partition coefficient (Wildman–Crippen LogP) is 3.72. The predicted molar refractivity (Wildman–Crippen MR) is 102 cm³/mol. The first-order valence-electron chi connectivity index (χ1n) is 9.37. The van der Waals surface area contributed by atoms with E-state index in [1.54, 1.807) is 0 Å². The number of aromatic nitrogens is 2. The van der Waals surface area contributed by atoms with Crippen molar-refractivity contribution in [2.45, 2.75) is 45.7 Å². The molecule has 5 heteroatoms. The number of nitrogens with zero attached hydrogens (tertiary/aromatic N) is 3. The molecule has 1 N–H and O–H groups in total. The van der Waals surface area contributed by atoms with E-state index < -0.39 is 0 Å². The van der Waals surface area contributed by atoms with Gasteiger partial charge in [-0.1, -0.05) is 11.6 Å². The Morgan fingerprint density at radius 2 is 1.92 bits per heavy atom. The third-order valence-electron chi connectivity index (χ3n) is 5.63. The van der Waals surface area contributed by atoms with Gasteiger partial charge in [0.05, 0.1) is 11.4 Å². The van der Waals surface area contributed by atoms with Crippen LogP contribution in [0, 0.1) is 19.8 Å². The minimum atomic E-state index is 0.754. The number of hydrogen-bond donors (Lipinski definition) is 1. The first kappa shape index (κ1) is 17.1. The minimum Gasteiger partial charge on any atom is -0.312 e. The van der Waals surface area contributed by atoms with Crippen molar-refractivity contribution in [3.05, 3.63) is 46.2 Å². The summed E-state index contributed by atoms with van der Waals surface area (Å²) in [6.07, 6.45) is 4.18. The highest BCUT2D eigenvalue weighted by molar-refractivity contribution is 6.30. The largest absolute Gasteiger partial charge is 0.312 e. The monoisotopic (exact) mass is 358 g/mol. The van der Waals surface area contributed by atoms with E-state index in [4.69, 9.17) is 16.7 Å². The van der Waals surface area contributed by atoms with Gasteiger partial charge in [0.1, 0.15) is 0 Å². The van der Waals surface area contributed by atoms with Crippen molar-refractivity contribution in [2.24, 2.45) is 5.92 Å². The van der Waals surface area contributed by atoms with Gasteiger partial charge in [0.25, 0.3) is 0 Å². The molecule has 25 heavy (non-hydrogen) atoms. The van der Waals surface area contributed by atoms with Crippen LogP contribution in [0.15, 0.2) is 24.3 Å². The standard InChI is InChI=1S/C20H27ClN4/c1-14-20(12-22-11-16-9-10-24(13-16)18-7-8-18)15(2)25(23-14)19-5-3-17(21)4-6-19/h3-6,16,18,22H,7-13H2,1-2H3/t16-/m0/s1. The van der Waals surface area contributed by atoms with Gasteiger partial charge in [0.2, 0.25) is 0 Å². The van der Waals surface area contributed by atoms with Crippen LogP contribution < -0.4 is 5.32 Å². The Labute approximate surface area is 155 Å². The van der Waals surface area contributed by atoms with Crippen molar-refractivity contribution in [2.75, 3.05) is 19.6 Å². The second-order valence-electron chi connectivity index (χ2n) is 7.55. The van der Waals surface area contributed by atoms with Crippen LogP contribution in [0.3, 0.4) is 0 Å². The Kier molecular flexibility index (Phi) is 4.85. The topological polar surface area (TPSA) is 33.1 Å². The fraction of sp³-hybridized carbons (Fsp3) is 0.550. The number of aryl methyl sites for hydroxylation is 1. The molecule has 0 amide bonds. The molecule has 2 heterocycles. The van der Waals surface area contributed by atoms with Crippen LogP contribution in [0.4, 0.5) is 0 Å². The molecule has 4 rings (SSSR count). The third-order valence-corrected chi connectivity index (χ3v) is 5.88. The zero-order chi connectivity index (χ0) is 17.4. The lowest BCUT2D eigenvalue weighted by Crippen LogP contribution is -2.27. The maximum Gasteiger partial charge on any atom is 0.0649 e. The summed E-state index contributed by atoms with van der Waals surface area (Å²) in [7, 11) is 0. The van der Waals surface area contributed by atoms with E-state index in [2.05, 4.69) is 24.1 Å². The van der Waals surface area contributed by atoms with Gasteiger partial charge in [-0.3, -0.25) is 0 Å². The van der Waals surface area contributed by atoms with Gasteiger partial charge in [0.15, 0.2) is 0 Å². The Morgan fingerprint density at radius 3 is 2.64 bits per heavy atom. The highest BCUT2D eigenvalue weighted by atomic mass is 35.5. The van der Waals surface area contributed by atoms with Gasteiger partial charge in [-0.05, 0) is 76.4 Å². The SMILES string of the molecule is Cc1nn(-c2ccc(Cl)cc2)c(C)c1CNC[C@@H]1CCN(C2CC2)C1. The van der Waals surface area contributed by atoms with E-state index >= 15 is 0 Å². The molecule has 1 aliphatic heterocycles. The summed E-state index contributed by atoms with van der Waals surface area (Å²) < 4.78 is 2.02. The highest BCUT2D eigenvalue weighted by Crippen LogP contribution is 2.31. The molecule has 1 aliphatic carbocycles. The quantitative estimate of drug-likeness (QED) is 0.854. The molecule has 0 bridgehead atoms. The molecule has 0 unspecified atom stereocenters. The number of halogens is 1. The highest BCUT2D eigenvalue weighted by Gasteiger charge is 2.34. The van der Waals surface area contributed by atoms with Crippen molar-refractivity contribution >= 4 is 11.6 Å². The van der Waals surface area contributed by atoms with Gasteiger partial charge in [-0.25, -0.2) is 4.68 Å². The summed E-state index contributed by atoms with van der Waals surface area (Å²) in [5.41, 5.74) is 4.68. The molecular formula is C20H27ClN4. The van der Waals surface area contributed by atoms with Crippen LogP contribution in [-0.2, 0) is 6.54 Å². The van der Waals surface area contributed by atoms with E-state index in [0.29, 0.717) is 0 Å². The molecule has 1 aromatic carbocycles. The number of rotatable bonds is 6. The lowest BCUT2D eigenvalue weighted by molar-refractivity contribution is 0.312. The summed E-state index contributed by atoms with van der Waals surface area (Å²) in [6.45, 7) is 8.82. The Balaban J connectivity index is 1.37. The molecule has 1 aromatic heterocycles. The van der Waals surface area contributed by atoms with E-state index in [-0.39, 0.29) is 0 Å². The first-order chi connectivity index (χ1) is 12.1. The molecule has 4 nitrogen and oxygen atoms in total. The zero-order valence-corrected chi connectivity index (χ0v) is 15.9. The molecule has 2 aliphatic rings. The van der Waals surface area contributed by atoms with E-state index in [1.165, 1.54) is 43.6 Å². The second-order valence-corrected chi connectivity index (χ2v) is 7.99. The van der Waals surface area contributed by atoms with Crippen LogP contribution >= 0.6 is 11.6 Å². The maximum absolute atomic E-state index is 6.00. The van der Waals surface area contributed by atoms with Gasteiger partial charge >= 0.3 is 0 Å². The number of nitrogens with one attached hydrogen (secondary N) is 1. The molecule has 1 saturated heterocycles. The van der Waals surface area contributed by atoms with Crippen LogP contribution in [0.1, 0.15) is 36.2 Å². The smallest absolute Gasteiger partial charge is 0.0649 e. The van der Waals surface area contributed by atoms with E-state index in [9.17, 15) is 0 Å². The molecule has 134 valence electrons. The lowest BCUT2D eigenvalue weighted by atomic mass is 10.1. The summed E-state index contributed by atoms with van der Waals surface area (Å²) in [5, 5.41) is 9.16. The summed E-state index contributed by atoms with van der Waals surface area (Å²) >= 11 is 6.00. The van der Waals surface area contributed by atoms with Gasteiger partial charge in [0, 0.05) is 35.4 Å². The second kappa shape index (κ2) is 7.10. The van der Waals surface area contributed by atoms with Crippen LogP contribution in [0.25, 0.3) is 5.69 Å². The van der Waals surface area contributed by atoms with E-state index in [1.807, 2.05) is 28.9 Å². The Bertz CT molecular complexity index is 733. The number of likely N-dealkylation sites (tertiary alicyclic amines) is 1. The average molecular weight is 359 g/mol. The van der Waals surface area contributed by atoms with Gasteiger partial charge in [-0.2, -0.15) is 5.10 Å². The molecule has 1 atom stereocenters. The fourth-order valence-electron chi connectivity index (χ4n) is 3.97. The molecule has 0 spiro atoms. The molecule has 1 saturated carbocycles. The lowest BCUT2D eigenvalue weighted by Gasteiger charge is -2.15. The first-order valence-corrected chi connectivity index (χ1v) is 9.75.